The fourth-order valence-electron chi connectivity index (χ4n) is 1.12. The van der Waals surface area contributed by atoms with Crippen molar-refractivity contribution in [2.75, 3.05) is 19.1 Å². The second-order valence-electron chi connectivity index (χ2n) is 4.79. The summed E-state index contributed by atoms with van der Waals surface area (Å²) in [5.74, 6) is -0.276. The summed E-state index contributed by atoms with van der Waals surface area (Å²) >= 11 is 0. The van der Waals surface area contributed by atoms with Crippen molar-refractivity contribution in [2.24, 2.45) is 0 Å². The molecule has 0 aromatic carbocycles. The van der Waals surface area contributed by atoms with Crippen molar-refractivity contribution in [3.05, 3.63) is 0 Å². The molecule has 1 N–H and O–H groups in total. The van der Waals surface area contributed by atoms with Gasteiger partial charge in [-0.25, -0.2) is 9.59 Å². The normalized spacial score (nSPS) is 14.5. The lowest BCUT2D eigenvalue weighted by Crippen LogP contribution is -2.44. The molecule has 0 spiro atoms. The third kappa shape index (κ3) is 8.05. The largest absolute Gasteiger partial charge is 0.467 e. The van der Waals surface area contributed by atoms with Gasteiger partial charge in [0, 0.05) is 22.8 Å². The first kappa shape index (κ1) is 16.9. The van der Waals surface area contributed by atoms with Crippen molar-refractivity contribution in [1.82, 2.24) is 5.32 Å². The van der Waals surface area contributed by atoms with E-state index >= 15 is 0 Å². The van der Waals surface area contributed by atoms with Crippen molar-refractivity contribution in [1.29, 1.82) is 0 Å². The lowest BCUT2D eigenvalue weighted by Gasteiger charge is -2.22. The minimum absolute atomic E-state index is 0.245. The molecule has 0 radical (unpaired) electrons. The second kappa shape index (κ2) is 7.35. The monoisotopic (exact) mass is 279 g/mol. The van der Waals surface area contributed by atoms with E-state index in [2.05, 4.69) is 10.1 Å². The number of carbonyl (C=O) groups excluding carboxylic acids is 2. The Morgan fingerprint density at radius 1 is 1.33 bits per heavy atom. The molecule has 18 heavy (non-hydrogen) atoms. The molecule has 0 aliphatic carbocycles. The third-order valence-electron chi connectivity index (χ3n) is 1.87. The Morgan fingerprint density at radius 3 is 2.28 bits per heavy atom. The summed E-state index contributed by atoms with van der Waals surface area (Å²) in [5, 5.41) is 2.41. The number of nitrogens with one attached hydrogen (secondary N) is 1. The van der Waals surface area contributed by atoms with Crippen LogP contribution in [-0.4, -0.2) is 47.0 Å². The van der Waals surface area contributed by atoms with Crippen molar-refractivity contribution in [3.63, 3.8) is 0 Å². The van der Waals surface area contributed by atoms with Gasteiger partial charge in [-0.15, -0.1) is 0 Å². The summed E-state index contributed by atoms with van der Waals surface area (Å²) in [6.45, 7) is 5.17. The van der Waals surface area contributed by atoms with Gasteiger partial charge in [0.15, 0.2) is 0 Å². The molecule has 106 valence electrons. The molecular weight excluding hydrogens is 258 g/mol. The van der Waals surface area contributed by atoms with E-state index in [0.29, 0.717) is 5.75 Å². The molecule has 0 fully saturated rings. The molecule has 0 rings (SSSR count). The molecule has 0 aliphatic rings. The third-order valence-corrected chi connectivity index (χ3v) is 2.68. The Balaban J connectivity index is 4.45. The lowest BCUT2D eigenvalue weighted by atomic mass is 10.2. The molecule has 7 heteroatoms. The number of hydrogen-bond acceptors (Lipinski definition) is 5. The maximum atomic E-state index is 11.5. The van der Waals surface area contributed by atoms with E-state index in [1.165, 1.54) is 13.4 Å². The Morgan fingerprint density at radius 2 is 1.89 bits per heavy atom. The molecule has 1 amide bonds. The molecule has 2 atom stereocenters. The molecule has 0 aromatic heterocycles. The molecule has 0 heterocycles. The zero-order valence-corrected chi connectivity index (χ0v) is 12.3. The maximum Gasteiger partial charge on any atom is 0.408 e. The first-order valence-electron chi connectivity index (χ1n) is 5.53. The zero-order valence-electron chi connectivity index (χ0n) is 11.4. The van der Waals surface area contributed by atoms with E-state index < -0.39 is 34.5 Å². The van der Waals surface area contributed by atoms with Crippen molar-refractivity contribution < 1.29 is 23.3 Å². The van der Waals surface area contributed by atoms with Crippen LogP contribution in [0.4, 0.5) is 4.79 Å². The number of rotatable bonds is 5. The second-order valence-corrected chi connectivity index (χ2v) is 6.34. The smallest absolute Gasteiger partial charge is 0.408 e. The Bertz CT molecular complexity index is 324. The molecule has 6 nitrogen and oxygen atoms in total. The average Bonchev–Trinajstić information content (AvgIpc) is 2.20. The highest BCUT2D eigenvalue weighted by molar-refractivity contribution is 7.84. The number of ether oxygens (including phenoxy) is 2. The molecule has 0 unspecified atom stereocenters. The van der Waals surface area contributed by atoms with Crippen molar-refractivity contribution >= 4 is 22.9 Å². The van der Waals surface area contributed by atoms with Crippen LogP contribution in [0.5, 0.6) is 0 Å². The van der Waals surface area contributed by atoms with Crippen LogP contribution in [0, 0.1) is 0 Å². The van der Waals surface area contributed by atoms with Gasteiger partial charge >= 0.3 is 12.1 Å². The summed E-state index contributed by atoms with van der Waals surface area (Å²) in [5.41, 5.74) is -0.641. The number of esters is 1. The standard InChI is InChI=1S/C11H21NO5S/c1-11(2,3)17-10(14)12-8(9(13)16-4)6-7-18(5)15/h8H,6-7H2,1-5H3,(H,12,14)/t8-,18-/m0/s1. The molecule has 0 saturated heterocycles. The summed E-state index contributed by atoms with van der Waals surface area (Å²) in [7, 11) is 0.193. The predicted octanol–water partition coefficient (Wildman–Crippen LogP) is 0.821. The number of amides is 1. The fourth-order valence-corrected chi connectivity index (χ4v) is 1.69. The van der Waals surface area contributed by atoms with Crippen LogP contribution in [0.1, 0.15) is 27.2 Å². The maximum absolute atomic E-state index is 11.5. The first-order chi connectivity index (χ1) is 8.15. The molecule has 0 saturated carbocycles. The molecule has 0 aliphatic heterocycles. The Labute approximate surface area is 110 Å². The SMILES string of the molecule is COC(=O)[C@H](CC[S@](C)=O)NC(=O)OC(C)(C)C. The van der Waals surface area contributed by atoms with Crippen LogP contribution in [0.25, 0.3) is 0 Å². The van der Waals surface area contributed by atoms with Crippen LogP contribution in [-0.2, 0) is 25.1 Å². The van der Waals surface area contributed by atoms with Gasteiger partial charge in [-0.05, 0) is 27.2 Å². The van der Waals surface area contributed by atoms with Gasteiger partial charge in [-0.1, -0.05) is 0 Å². The first-order valence-corrected chi connectivity index (χ1v) is 7.26. The lowest BCUT2D eigenvalue weighted by molar-refractivity contribution is -0.143. The predicted molar refractivity (Wildman–Crippen MR) is 68.7 cm³/mol. The summed E-state index contributed by atoms with van der Waals surface area (Å²) < 4.78 is 20.6. The van der Waals surface area contributed by atoms with Gasteiger partial charge in [0.2, 0.25) is 0 Å². The molecular formula is C11H21NO5S. The topological polar surface area (TPSA) is 81.7 Å². The van der Waals surface area contributed by atoms with E-state index in [-0.39, 0.29) is 6.42 Å². The number of carbonyl (C=O) groups is 2. The number of hydrogen-bond donors (Lipinski definition) is 1. The van der Waals surface area contributed by atoms with Gasteiger partial charge in [-0.2, -0.15) is 0 Å². The summed E-state index contributed by atoms with van der Waals surface area (Å²) in [4.78, 5) is 23.0. The molecule has 0 aromatic rings. The summed E-state index contributed by atoms with van der Waals surface area (Å²) in [6.07, 6.45) is 1.08. The van der Waals surface area contributed by atoms with Crippen molar-refractivity contribution in [3.8, 4) is 0 Å². The Hall–Kier alpha value is -1.11. The van der Waals surface area contributed by atoms with E-state index in [1.54, 1.807) is 20.8 Å². The van der Waals surface area contributed by atoms with Crippen LogP contribution < -0.4 is 5.32 Å². The van der Waals surface area contributed by atoms with E-state index in [1.807, 2.05) is 0 Å². The van der Waals surface area contributed by atoms with E-state index in [9.17, 15) is 13.8 Å². The van der Waals surface area contributed by atoms with Crippen LogP contribution in [0.2, 0.25) is 0 Å². The summed E-state index contributed by atoms with van der Waals surface area (Å²) in [6, 6.07) is -0.839. The van der Waals surface area contributed by atoms with Gasteiger partial charge in [-0.3, -0.25) is 4.21 Å². The number of methoxy groups -OCH3 is 1. The zero-order chi connectivity index (χ0) is 14.3. The molecule has 0 bridgehead atoms. The van der Waals surface area contributed by atoms with Gasteiger partial charge < -0.3 is 14.8 Å². The minimum Gasteiger partial charge on any atom is -0.467 e. The van der Waals surface area contributed by atoms with E-state index in [0.717, 1.165) is 0 Å². The van der Waals surface area contributed by atoms with Crippen LogP contribution in [0.3, 0.4) is 0 Å². The average molecular weight is 279 g/mol. The van der Waals surface area contributed by atoms with Crippen molar-refractivity contribution in [2.45, 2.75) is 38.8 Å². The highest BCUT2D eigenvalue weighted by Crippen LogP contribution is 2.07. The minimum atomic E-state index is -1.04. The fraction of sp³-hybridized carbons (Fsp3) is 0.818. The van der Waals surface area contributed by atoms with Crippen LogP contribution in [0.15, 0.2) is 0 Å². The van der Waals surface area contributed by atoms with Gasteiger partial charge in [0.05, 0.1) is 7.11 Å². The highest BCUT2D eigenvalue weighted by Gasteiger charge is 2.24. The van der Waals surface area contributed by atoms with Gasteiger partial charge in [0.1, 0.15) is 11.6 Å². The number of alkyl carbamates (subject to hydrolysis) is 1. The highest BCUT2D eigenvalue weighted by atomic mass is 32.2. The quantitative estimate of drug-likeness (QED) is 0.753. The van der Waals surface area contributed by atoms with Crippen LogP contribution >= 0.6 is 0 Å². The van der Waals surface area contributed by atoms with E-state index in [4.69, 9.17) is 4.74 Å². The Kier molecular flexibility index (Phi) is 6.90. The van der Waals surface area contributed by atoms with Gasteiger partial charge in [0.25, 0.3) is 0 Å².